The molecule has 0 aromatic carbocycles. The molecule has 1 saturated heterocycles. The standard InChI is InChI=1S/C11H18N4O2S/c1-18(16,17)15-6-4-14(5-7-15)11-2-3-13-10(8-11)9-12/h2-3,8H,4-7,9,12H2,1H3. The van der Waals surface area contributed by atoms with Crippen LogP contribution in [0.25, 0.3) is 0 Å². The Balaban J connectivity index is 2.05. The fraction of sp³-hybridized carbons (Fsp3) is 0.545. The number of hydrogen-bond acceptors (Lipinski definition) is 5. The highest BCUT2D eigenvalue weighted by Gasteiger charge is 2.23. The molecule has 0 unspecified atom stereocenters. The van der Waals surface area contributed by atoms with Crippen molar-refractivity contribution in [3.05, 3.63) is 24.0 Å². The number of pyridine rings is 1. The van der Waals surface area contributed by atoms with Crippen LogP contribution >= 0.6 is 0 Å². The number of nitrogens with two attached hydrogens (primary N) is 1. The van der Waals surface area contributed by atoms with Crippen LogP contribution in [0.3, 0.4) is 0 Å². The summed E-state index contributed by atoms with van der Waals surface area (Å²) in [4.78, 5) is 6.30. The number of anilines is 1. The quantitative estimate of drug-likeness (QED) is 0.810. The minimum atomic E-state index is -3.07. The molecule has 0 spiro atoms. The van der Waals surface area contributed by atoms with Crippen LogP contribution in [0.2, 0.25) is 0 Å². The summed E-state index contributed by atoms with van der Waals surface area (Å²) in [5.74, 6) is 0. The van der Waals surface area contributed by atoms with Gasteiger partial charge < -0.3 is 10.6 Å². The van der Waals surface area contributed by atoms with Gasteiger partial charge in [-0.2, -0.15) is 4.31 Å². The zero-order chi connectivity index (χ0) is 13.2. The van der Waals surface area contributed by atoms with Crippen LogP contribution in [-0.2, 0) is 16.6 Å². The first-order valence-corrected chi connectivity index (χ1v) is 7.70. The Morgan fingerprint density at radius 1 is 1.33 bits per heavy atom. The van der Waals surface area contributed by atoms with Crippen molar-refractivity contribution in [2.24, 2.45) is 5.73 Å². The van der Waals surface area contributed by atoms with E-state index in [1.165, 1.54) is 10.6 Å². The average molecular weight is 270 g/mol. The molecular formula is C11H18N4O2S. The predicted octanol–water partition coefficient (Wildman–Crippen LogP) is -0.378. The van der Waals surface area contributed by atoms with Crippen molar-refractivity contribution in [3.63, 3.8) is 0 Å². The summed E-state index contributed by atoms with van der Waals surface area (Å²) in [7, 11) is -3.07. The molecule has 0 aliphatic carbocycles. The van der Waals surface area contributed by atoms with Gasteiger partial charge in [-0.05, 0) is 12.1 Å². The molecule has 18 heavy (non-hydrogen) atoms. The Labute approximate surface area is 107 Å². The summed E-state index contributed by atoms with van der Waals surface area (Å²) in [6, 6.07) is 3.88. The Morgan fingerprint density at radius 2 is 2.00 bits per heavy atom. The van der Waals surface area contributed by atoms with Gasteiger partial charge in [0.05, 0.1) is 11.9 Å². The third-order valence-corrected chi connectivity index (χ3v) is 4.39. The molecule has 0 radical (unpaired) electrons. The normalized spacial score (nSPS) is 18.0. The molecule has 0 bridgehead atoms. The first-order valence-electron chi connectivity index (χ1n) is 5.86. The van der Waals surface area contributed by atoms with Crippen LogP contribution < -0.4 is 10.6 Å². The van der Waals surface area contributed by atoms with E-state index in [-0.39, 0.29) is 0 Å². The molecule has 0 amide bonds. The molecule has 6 nitrogen and oxygen atoms in total. The highest BCUT2D eigenvalue weighted by atomic mass is 32.2. The first kappa shape index (κ1) is 13.3. The lowest BCUT2D eigenvalue weighted by molar-refractivity contribution is 0.388. The van der Waals surface area contributed by atoms with E-state index in [4.69, 9.17) is 5.73 Å². The van der Waals surface area contributed by atoms with E-state index >= 15 is 0 Å². The summed E-state index contributed by atoms with van der Waals surface area (Å²) >= 11 is 0. The first-order chi connectivity index (χ1) is 8.50. The van der Waals surface area contributed by atoms with Crippen LogP contribution in [0.1, 0.15) is 5.69 Å². The maximum absolute atomic E-state index is 11.4. The summed E-state index contributed by atoms with van der Waals surface area (Å²) in [6.45, 7) is 2.86. The maximum atomic E-state index is 11.4. The lowest BCUT2D eigenvalue weighted by Gasteiger charge is -2.34. The van der Waals surface area contributed by atoms with Gasteiger partial charge in [0.15, 0.2) is 0 Å². The van der Waals surface area contributed by atoms with Crippen LogP contribution in [0.15, 0.2) is 18.3 Å². The average Bonchev–Trinajstić information content (AvgIpc) is 2.38. The van der Waals surface area contributed by atoms with E-state index in [1.807, 2.05) is 12.1 Å². The number of hydrogen-bond donors (Lipinski definition) is 1. The van der Waals surface area contributed by atoms with Gasteiger partial charge in [0, 0.05) is 44.6 Å². The van der Waals surface area contributed by atoms with Gasteiger partial charge in [-0.3, -0.25) is 4.98 Å². The molecule has 1 aromatic rings. The minimum Gasteiger partial charge on any atom is -0.369 e. The summed E-state index contributed by atoms with van der Waals surface area (Å²) in [5.41, 5.74) is 7.46. The molecule has 1 aromatic heterocycles. The second kappa shape index (κ2) is 5.21. The summed E-state index contributed by atoms with van der Waals surface area (Å²) < 4.78 is 24.3. The van der Waals surface area contributed by atoms with Crippen molar-refractivity contribution >= 4 is 15.7 Å². The molecule has 2 heterocycles. The van der Waals surface area contributed by atoms with Gasteiger partial charge >= 0.3 is 0 Å². The van der Waals surface area contributed by atoms with Crippen LogP contribution in [0, 0.1) is 0 Å². The largest absolute Gasteiger partial charge is 0.369 e. The Bertz CT molecular complexity index is 510. The van der Waals surface area contributed by atoms with Crippen molar-refractivity contribution in [2.75, 3.05) is 37.3 Å². The molecule has 0 atom stereocenters. The molecule has 7 heteroatoms. The lowest BCUT2D eigenvalue weighted by Crippen LogP contribution is -2.48. The highest BCUT2D eigenvalue weighted by molar-refractivity contribution is 7.88. The second-order valence-corrected chi connectivity index (χ2v) is 6.34. The third kappa shape index (κ3) is 2.98. The van der Waals surface area contributed by atoms with Gasteiger partial charge in [-0.1, -0.05) is 0 Å². The van der Waals surface area contributed by atoms with Gasteiger partial charge in [0.1, 0.15) is 0 Å². The van der Waals surface area contributed by atoms with Crippen molar-refractivity contribution in [2.45, 2.75) is 6.54 Å². The maximum Gasteiger partial charge on any atom is 0.211 e. The van der Waals surface area contributed by atoms with Crippen molar-refractivity contribution < 1.29 is 8.42 Å². The molecule has 1 aliphatic heterocycles. The molecule has 0 saturated carbocycles. The molecule has 1 aliphatic rings. The van der Waals surface area contributed by atoms with Gasteiger partial charge in [-0.15, -0.1) is 0 Å². The number of nitrogens with zero attached hydrogens (tertiary/aromatic N) is 3. The zero-order valence-corrected chi connectivity index (χ0v) is 11.2. The molecule has 2 N–H and O–H groups in total. The molecule has 1 fully saturated rings. The van der Waals surface area contributed by atoms with E-state index < -0.39 is 10.0 Å². The number of piperazine rings is 1. The Morgan fingerprint density at radius 3 is 2.56 bits per heavy atom. The number of aromatic nitrogens is 1. The monoisotopic (exact) mass is 270 g/mol. The third-order valence-electron chi connectivity index (χ3n) is 3.08. The van der Waals surface area contributed by atoms with Crippen LogP contribution in [0.5, 0.6) is 0 Å². The minimum absolute atomic E-state index is 0.414. The topological polar surface area (TPSA) is 79.5 Å². The van der Waals surface area contributed by atoms with Crippen molar-refractivity contribution in [1.82, 2.24) is 9.29 Å². The van der Waals surface area contributed by atoms with E-state index in [9.17, 15) is 8.42 Å². The van der Waals surface area contributed by atoms with Crippen molar-refractivity contribution in [3.8, 4) is 0 Å². The fourth-order valence-electron chi connectivity index (χ4n) is 2.05. The Hall–Kier alpha value is -1.18. The summed E-state index contributed by atoms with van der Waals surface area (Å²) in [5, 5.41) is 0. The number of rotatable bonds is 3. The smallest absolute Gasteiger partial charge is 0.211 e. The fourth-order valence-corrected chi connectivity index (χ4v) is 2.88. The molecular weight excluding hydrogens is 252 g/mol. The molecule has 100 valence electrons. The van der Waals surface area contributed by atoms with E-state index in [0.29, 0.717) is 32.7 Å². The SMILES string of the molecule is CS(=O)(=O)N1CCN(c2ccnc(CN)c2)CC1. The lowest BCUT2D eigenvalue weighted by atomic mass is 10.2. The zero-order valence-electron chi connectivity index (χ0n) is 10.4. The summed E-state index contributed by atoms with van der Waals surface area (Å²) in [6.07, 6.45) is 2.99. The van der Waals surface area contributed by atoms with E-state index in [0.717, 1.165) is 11.4 Å². The van der Waals surface area contributed by atoms with E-state index in [2.05, 4.69) is 9.88 Å². The Kier molecular flexibility index (Phi) is 3.84. The van der Waals surface area contributed by atoms with Gasteiger partial charge in [-0.25, -0.2) is 8.42 Å². The van der Waals surface area contributed by atoms with Gasteiger partial charge in [0.2, 0.25) is 10.0 Å². The van der Waals surface area contributed by atoms with Crippen molar-refractivity contribution in [1.29, 1.82) is 0 Å². The second-order valence-electron chi connectivity index (χ2n) is 4.36. The molecule has 2 rings (SSSR count). The highest BCUT2D eigenvalue weighted by Crippen LogP contribution is 2.17. The van der Waals surface area contributed by atoms with Crippen LogP contribution in [-0.4, -0.2) is 50.1 Å². The van der Waals surface area contributed by atoms with Gasteiger partial charge in [0.25, 0.3) is 0 Å². The van der Waals surface area contributed by atoms with Crippen LogP contribution in [0.4, 0.5) is 5.69 Å². The number of sulfonamides is 1. The predicted molar refractivity (Wildman–Crippen MR) is 70.8 cm³/mol. The van der Waals surface area contributed by atoms with E-state index in [1.54, 1.807) is 6.20 Å².